The van der Waals surface area contributed by atoms with E-state index in [0.717, 1.165) is 0 Å². The third-order valence-corrected chi connectivity index (χ3v) is 6.44. The second-order valence-corrected chi connectivity index (χ2v) is 8.78. The van der Waals surface area contributed by atoms with E-state index in [2.05, 4.69) is 45.0 Å². The third-order valence-electron chi connectivity index (χ3n) is 4.25. The van der Waals surface area contributed by atoms with Gasteiger partial charge in [-0.15, -0.1) is 0 Å². The summed E-state index contributed by atoms with van der Waals surface area (Å²) in [5, 5.41) is 0. The molecule has 1 heteroatoms. The summed E-state index contributed by atoms with van der Waals surface area (Å²) < 4.78 is 0.475. The van der Waals surface area contributed by atoms with Crippen molar-refractivity contribution < 1.29 is 0 Å². The number of benzene rings is 1. The van der Waals surface area contributed by atoms with E-state index in [1.54, 1.807) is 33.7 Å². The molecule has 0 nitrogen and oxygen atoms in total. The van der Waals surface area contributed by atoms with Gasteiger partial charge in [0.25, 0.3) is 0 Å². The second-order valence-electron chi connectivity index (χ2n) is 6.05. The Morgan fingerprint density at radius 1 is 0.850 bits per heavy atom. The van der Waals surface area contributed by atoms with Gasteiger partial charge in [-0.1, -0.05) is 0 Å². The molecule has 0 N–H and O–H groups in total. The molecule has 0 fully saturated rings. The van der Waals surface area contributed by atoms with Crippen LogP contribution < -0.4 is 0 Å². The van der Waals surface area contributed by atoms with Gasteiger partial charge in [-0.2, -0.15) is 0 Å². The summed E-state index contributed by atoms with van der Waals surface area (Å²) in [4.78, 5) is 0. The first kappa shape index (κ1) is 18.1. The number of aryl methyl sites for hydroxylation is 1. The Hall–Kier alpha value is 0.0187. The molecule has 3 radical (unpaired) electrons. The van der Waals surface area contributed by atoms with Gasteiger partial charge in [-0.3, -0.25) is 0 Å². The summed E-state index contributed by atoms with van der Waals surface area (Å²) in [5.74, 6) is 0. The normalized spacial score (nSPS) is 11.8. The summed E-state index contributed by atoms with van der Waals surface area (Å²) >= 11 is 1.72. The molecule has 0 bridgehead atoms. The van der Waals surface area contributed by atoms with Crippen molar-refractivity contribution in [2.24, 2.45) is 0 Å². The zero-order chi connectivity index (χ0) is 14.8. The van der Waals surface area contributed by atoms with Crippen molar-refractivity contribution >= 4 is 22.5 Å². The van der Waals surface area contributed by atoms with E-state index in [-0.39, 0.29) is 0 Å². The molecule has 0 aliphatic rings. The van der Waals surface area contributed by atoms with Crippen LogP contribution in [-0.2, 0) is 9.85 Å². The predicted molar refractivity (Wildman–Crippen MR) is 91.5 cm³/mol. The molecule has 0 aromatic heterocycles. The van der Waals surface area contributed by atoms with Gasteiger partial charge in [0.05, 0.1) is 0 Å². The van der Waals surface area contributed by atoms with Gasteiger partial charge in [0, 0.05) is 0 Å². The van der Waals surface area contributed by atoms with Crippen LogP contribution in [0, 0.1) is 0 Å². The Balaban J connectivity index is 2.98. The minimum atomic E-state index is 0.475. The first-order valence-corrected chi connectivity index (χ1v) is 9.94. The van der Waals surface area contributed by atoms with E-state index in [4.69, 9.17) is 0 Å². The summed E-state index contributed by atoms with van der Waals surface area (Å²) in [5.41, 5.74) is 3.30. The molecular formula is C19H31Sn. The molecule has 0 unspecified atom stereocenters. The molecular weight excluding hydrogens is 347 g/mol. The van der Waals surface area contributed by atoms with Crippen LogP contribution in [0.3, 0.4) is 0 Å². The first-order valence-electron chi connectivity index (χ1n) is 8.51. The maximum absolute atomic E-state index is 2.42. The summed E-state index contributed by atoms with van der Waals surface area (Å²) in [6.45, 7) is 6.93. The zero-order valence-electron chi connectivity index (χ0n) is 13.7. The van der Waals surface area contributed by atoms with Gasteiger partial charge >= 0.3 is 140 Å². The Morgan fingerprint density at radius 2 is 1.40 bits per heavy atom. The minimum absolute atomic E-state index is 0.475. The summed E-state index contributed by atoms with van der Waals surface area (Å²) in [6.07, 6.45) is 12.0. The standard InChI is InChI=1S/C19H31.Sn/c1-4-7-12-17(13-8-5-2)19-16-11-10-15-18(19)14-9-6-3;/h10-11,15-16H,4-9,12-14H2,1-3H3;. The van der Waals surface area contributed by atoms with E-state index in [9.17, 15) is 0 Å². The number of rotatable bonds is 10. The molecule has 111 valence electrons. The molecule has 0 atom stereocenters. The topological polar surface area (TPSA) is 0 Å². The zero-order valence-corrected chi connectivity index (χ0v) is 16.5. The maximum atomic E-state index is 2.42. The van der Waals surface area contributed by atoms with Crippen molar-refractivity contribution in [3.8, 4) is 0 Å². The molecule has 20 heavy (non-hydrogen) atoms. The fraction of sp³-hybridized carbons (Fsp3) is 0.684. The molecule has 0 amide bonds. The molecule has 0 aliphatic heterocycles. The van der Waals surface area contributed by atoms with Crippen molar-refractivity contribution in [2.45, 2.75) is 82.0 Å². The molecule has 0 heterocycles. The van der Waals surface area contributed by atoms with Gasteiger partial charge < -0.3 is 0 Å². The van der Waals surface area contributed by atoms with Crippen LogP contribution in [0.4, 0.5) is 0 Å². The molecule has 0 aliphatic carbocycles. The van der Waals surface area contributed by atoms with E-state index in [0.29, 0.717) is 3.43 Å². The van der Waals surface area contributed by atoms with E-state index in [1.807, 2.05) is 0 Å². The first-order chi connectivity index (χ1) is 9.68. The van der Waals surface area contributed by atoms with Gasteiger partial charge in [0.15, 0.2) is 0 Å². The third kappa shape index (κ3) is 5.42. The SMILES string of the molecule is CCCCc1ccccc1[C]([Sn])(CCCC)CCCC. The van der Waals surface area contributed by atoms with Gasteiger partial charge in [0.2, 0.25) is 0 Å². The Kier molecular flexibility index (Phi) is 8.91. The average molecular weight is 378 g/mol. The summed E-state index contributed by atoms with van der Waals surface area (Å²) in [7, 11) is 0. The number of unbranched alkanes of at least 4 members (excludes halogenated alkanes) is 3. The van der Waals surface area contributed by atoms with Crippen LogP contribution in [0.2, 0.25) is 0 Å². The van der Waals surface area contributed by atoms with Crippen LogP contribution >= 0.6 is 0 Å². The van der Waals surface area contributed by atoms with Crippen LogP contribution in [0.1, 0.15) is 83.3 Å². The molecule has 0 saturated heterocycles. The summed E-state index contributed by atoms with van der Waals surface area (Å²) in [6, 6.07) is 9.28. The molecule has 1 aromatic rings. The van der Waals surface area contributed by atoms with Crippen LogP contribution in [-0.4, -0.2) is 22.5 Å². The van der Waals surface area contributed by atoms with Crippen molar-refractivity contribution in [3.63, 3.8) is 0 Å². The van der Waals surface area contributed by atoms with Crippen LogP contribution in [0.15, 0.2) is 24.3 Å². The van der Waals surface area contributed by atoms with Gasteiger partial charge in [-0.05, 0) is 0 Å². The average Bonchev–Trinajstić information content (AvgIpc) is 2.49. The van der Waals surface area contributed by atoms with Crippen LogP contribution in [0.5, 0.6) is 0 Å². The Morgan fingerprint density at radius 3 is 1.95 bits per heavy atom. The van der Waals surface area contributed by atoms with Crippen molar-refractivity contribution in [2.75, 3.05) is 0 Å². The van der Waals surface area contributed by atoms with E-state index >= 15 is 0 Å². The number of hydrogen-bond donors (Lipinski definition) is 0. The van der Waals surface area contributed by atoms with Gasteiger partial charge in [0.1, 0.15) is 0 Å². The van der Waals surface area contributed by atoms with Crippen LogP contribution in [0.25, 0.3) is 0 Å². The van der Waals surface area contributed by atoms with E-state index in [1.165, 1.54) is 57.8 Å². The molecule has 0 spiro atoms. The Labute approximate surface area is 139 Å². The van der Waals surface area contributed by atoms with Crippen molar-refractivity contribution in [1.29, 1.82) is 0 Å². The Bertz CT molecular complexity index is 362. The van der Waals surface area contributed by atoms with E-state index < -0.39 is 0 Å². The van der Waals surface area contributed by atoms with Crippen molar-refractivity contribution in [1.82, 2.24) is 0 Å². The van der Waals surface area contributed by atoms with Gasteiger partial charge in [-0.25, -0.2) is 0 Å². The predicted octanol–water partition coefficient (Wildman–Crippen LogP) is 5.77. The fourth-order valence-electron chi connectivity index (χ4n) is 2.92. The molecule has 1 rings (SSSR count). The second kappa shape index (κ2) is 9.87. The molecule has 1 aromatic carbocycles. The molecule has 0 saturated carbocycles. The monoisotopic (exact) mass is 379 g/mol. The quantitative estimate of drug-likeness (QED) is 0.453. The van der Waals surface area contributed by atoms with Crippen molar-refractivity contribution in [3.05, 3.63) is 35.4 Å². The fourth-order valence-corrected chi connectivity index (χ4v) is 4.63. The number of hydrogen-bond acceptors (Lipinski definition) is 0.